The third-order valence-corrected chi connectivity index (χ3v) is 5.02. The molecule has 1 fully saturated rings. The predicted octanol–water partition coefficient (Wildman–Crippen LogP) is 2.78. The molecule has 0 amide bonds. The van der Waals surface area contributed by atoms with E-state index in [-0.39, 0.29) is 0 Å². The molecular formula is C9H13ClN2S2. The van der Waals surface area contributed by atoms with Crippen LogP contribution in [-0.4, -0.2) is 22.5 Å². The van der Waals surface area contributed by atoms with Gasteiger partial charge >= 0.3 is 0 Å². The molecule has 0 radical (unpaired) electrons. The summed E-state index contributed by atoms with van der Waals surface area (Å²) in [5.74, 6) is 0. The van der Waals surface area contributed by atoms with Crippen LogP contribution in [0.4, 0.5) is 0 Å². The van der Waals surface area contributed by atoms with Crippen LogP contribution >= 0.6 is 34.7 Å². The van der Waals surface area contributed by atoms with Crippen molar-refractivity contribution in [2.75, 3.05) is 12.8 Å². The van der Waals surface area contributed by atoms with Gasteiger partial charge in [0, 0.05) is 17.8 Å². The molecule has 14 heavy (non-hydrogen) atoms. The van der Waals surface area contributed by atoms with Crippen LogP contribution in [0.5, 0.6) is 0 Å². The van der Waals surface area contributed by atoms with Crippen molar-refractivity contribution in [3.05, 3.63) is 15.5 Å². The molecule has 5 heteroatoms. The normalized spacial score (nSPS) is 18.4. The molecule has 1 aromatic rings. The Bertz CT molecular complexity index is 310. The lowest BCUT2D eigenvalue weighted by Crippen LogP contribution is -2.25. The fourth-order valence-corrected chi connectivity index (χ4v) is 3.04. The second kappa shape index (κ2) is 4.39. The zero-order valence-corrected chi connectivity index (χ0v) is 10.4. The predicted molar refractivity (Wildman–Crippen MR) is 64.3 cm³/mol. The largest absolute Gasteiger partial charge is 0.309 e. The minimum Gasteiger partial charge on any atom is -0.309 e. The minimum atomic E-state index is 0.529. The number of rotatable bonds is 5. The van der Waals surface area contributed by atoms with E-state index in [2.05, 4.69) is 16.6 Å². The van der Waals surface area contributed by atoms with Crippen LogP contribution in [0.15, 0.2) is 6.20 Å². The molecule has 0 bridgehead atoms. The van der Waals surface area contributed by atoms with Gasteiger partial charge in [0.15, 0.2) is 0 Å². The van der Waals surface area contributed by atoms with Gasteiger partial charge in [-0.15, -0.1) is 11.3 Å². The third kappa shape index (κ3) is 2.63. The highest BCUT2D eigenvalue weighted by Gasteiger charge is 2.41. The summed E-state index contributed by atoms with van der Waals surface area (Å²) in [4.78, 5) is 4.20. The van der Waals surface area contributed by atoms with E-state index in [4.69, 9.17) is 11.6 Å². The summed E-state index contributed by atoms with van der Waals surface area (Å²) in [6.07, 6.45) is 6.60. The average Bonchev–Trinajstić information content (AvgIpc) is 2.84. The van der Waals surface area contributed by atoms with Crippen molar-refractivity contribution < 1.29 is 0 Å². The SMILES string of the molecule is CSC1(CNCc2ncc(Cl)s2)CC1. The van der Waals surface area contributed by atoms with E-state index in [0.717, 1.165) is 22.4 Å². The van der Waals surface area contributed by atoms with Gasteiger partial charge in [0.2, 0.25) is 0 Å². The van der Waals surface area contributed by atoms with Gasteiger partial charge in [-0.25, -0.2) is 4.98 Å². The summed E-state index contributed by atoms with van der Waals surface area (Å²) in [5.41, 5.74) is 0. The zero-order valence-electron chi connectivity index (χ0n) is 8.05. The first-order chi connectivity index (χ1) is 6.74. The Hall–Kier alpha value is 0.230. The highest BCUT2D eigenvalue weighted by Crippen LogP contribution is 2.46. The van der Waals surface area contributed by atoms with Crippen molar-refractivity contribution in [2.24, 2.45) is 0 Å². The summed E-state index contributed by atoms with van der Waals surface area (Å²) >= 11 is 9.32. The van der Waals surface area contributed by atoms with Crippen LogP contribution in [0.2, 0.25) is 4.34 Å². The Morgan fingerprint density at radius 1 is 1.71 bits per heavy atom. The van der Waals surface area contributed by atoms with Crippen molar-refractivity contribution in [2.45, 2.75) is 24.1 Å². The van der Waals surface area contributed by atoms with Crippen molar-refractivity contribution in [1.82, 2.24) is 10.3 Å². The van der Waals surface area contributed by atoms with Crippen LogP contribution < -0.4 is 5.32 Å². The van der Waals surface area contributed by atoms with Gasteiger partial charge in [-0.2, -0.15) is 11.8 Å². The van der Waals surface area contributed by atoms with Crippen LogP contribution in [-0.2, 0) is 6.54 Å². The first-order valence-electron chi connectivity index (χ1n) is 4.60. The fourth-order valence-electron chi connectivity index (χ4n) is 1.36. The number of nitrogens with zero attached hydrogens (tertiary/aromatic N) is 1. The van der Waals surface area contributed by atoms with Crippen molar-refractivity contribution in [3.8, 4) is 0 Å². The molecule has 1 N–H and O–H groups in total. The molecule has 78 valence electrons. The van der Waals surface area contributed by atoms with E-state index < -0.39 is 0 Å². The number of thiazole rings is 1. The molecular weight excluding hydrogens is 236 g/mol. The molecule has 0 aromatic carbocycles. The molecule has 1 aliphatic rings. The second-order valence-electron chi connectivity index (χ2n) is 3.55. The lowest BCUT2D eigenvalue weighted by molar-refractivity contribution is 0.661. The maximum atomic E-state index is 5.79. The highest BCUT2D eigenvalue weighted by atomic mass is 35.5. The number of hydrogen-bond acceptors (Lipinski definition) is 4. The van der Waals surface area contributed by atoms with Gasteiger partial charge in [0.05, 0.1) is 6.20 Å². The van der Waals surface area contributed by atoms with E-state index in [9.17, 15) is 0 Å². The summed E-state index contributed by atoms with van der Waals surface area (Å²) in [6.45, 7) is 1.94. The third-order valence-electron chi connectivity index (χ3n) is 2.49. The molecule has 1 aliphatic carbocycles. The first-order valence-corrected chi connectivity index (χ1v) is 7.02. The molecule has 0 atom stereocenters. The maximum absolute atomic E-state index is 5.79. The van der Waals surface area contributed by atoms with E-state index in [1.807, 2.05) is 11.8 Å². The van der Waals surface area contributed by atoms with E-state index in [1.54, 1.807) is 17.5 Å². The standard InChI is InChI=1S/C9H13ClN2S2/c1-13-9(2-3-9)6-11-5-8-12-4-7(10)14-8/h4,11H,2-3,5-6H2,1H3. The quantitative estimate of drug-likeness (QED) is 0.868. The second-order valence-corrected chi connectivity index (χ2v) is 6.57. The number of halogens is 1. The molecule has 0 spiro atoms. The molecule has 0 unspecified atom stereocenters. The number of nitrogens with one attached hydrogen (secondary N) is 1. The summed E-state index contributed by atoms with van der Waals surface area (Å²) < 4.78 is 1.30. The topological polar surface area (TPSA) is 24.9 Å². The Morgan fingerprint density at radius 3 is 3.00 bits per heavy atom. The van der Waals surface area contributed by atoms with Crippen LogP contribution in [0.25, 0.3) is 0 Å². The van der Waals surface area contributed by atoms with Gasteiger partial charge in [-0.3, -0.25) is 0 Å². The van der Waals surface area contributed by atoms with Gasteiger partial charge in [0.1, 0.15) is 9.34 Å². The van der Waals surface area contributed by atoms with Crippen LogP contribution in [0, 0.1) is 0 Å². The monoisotopic (exact) mass is 248 g/mol. The lowest BCUT2D eigenvalue weighted by atomic mass is 10.4. The Labute approximate surface area is 97.5 Å². The fraction of sp³-hybridized carbons (Fsp3) is 0.667. The summed E-state index contributed by atoms with van der Waals surface area (Å²) in [5, 5.41) is 4.51. The molecule has 0 aliphatic heterocycles. The Kier molecular flexibility index (Phi) is 3.37. The van der Waals surface area contributed by atoms with Gasteiger partial charge in [0.25, 0.3) is 0 Å². The smallest absolute Gasteiger partial charge is 0.113 e. The molecule has 2 nitrogen and oxygen atoms in total. The molecule has 2 rings (SSSR count). The zero-order chi connectivity index (χ0) is 10.0. The summed E-state index contributed by atoms with van der Waals surface area (Å²) in [6, 6.07) is 0. The Morgan fingerprint density at radius 2 is 2.50 bits per heavy atom. The average molecular weight is 249 g/mol. The van der Waals surface area contributed by atoms with Gasteiger partial charge in [-0.05, 0) is 19.1 Å². The van der Waals surface area contributed by atoms with Crippen molar-refractivity contribution in [1.29, 1.82) is 0 Å². The molecule has 1 saturated carbocycles. The van der Waals surface area contributed by atoms with Crippen LogP contribution in [0.1, 0.15) is 17.8 Å². The molecule has 1 aromatic heterocycles. The molecule has 0 saturated heterocycles. The Balaban J connectivity index is 1.73. The van der Waals surface area contributed by atoms with Gasteiger partial charge in [-0.1, -0.05) is 11.6 Å². The number of aromatic nitrogens is 1. The minimum absolute atomic E-state index is 0.529. The highest BCUT2D eigenvalue weighted by molar-refractivity contribution is 8.00. The maximum Gasteiger partial charge on any atom is 0.113 e. The lowest BCUT2D eigenvalue weighted by Gasteiger charge is -2.11. The van der Waals surface area contributed by atoms with E-state index >= 15 is 0 Å². The van der Waals surface area contributed by atoms with Crippen molar-refractivity contribution >= 4 is 34.7 Å². The molecule has 1 heterocycles. The van der Waals surface area contributed by atoms with E-state index in [0.29, 0.717) is 4.75 Å². The van der Waals surface area contributed by atoms with Crippen LogP contribution in [0.3, 0.4) is 0 Å². The first kappa shape index (κ1) is 10.7. The van der Waals surface area contributed by atoms with Crippen molar-refractivity contribution in [3.63, 3.8) is 0 Å². The number of hydrogen-bond donors (Lipinski definition) is 1. The summed E-state index contributed by atoms with van der Waals surface area (Å²) in [7, 11) is 0. The number of thioether (sulfide) groups is 1. The van der Waals surface area contributed by atoms with Gasteiger partial charge < -0.3 is 5.32 Å². The van der Waals surface area contributed by atoms with E-state index in [1.165, 1.54) is 12.8 Å².